The molecule has 0 amide bonds. The normalized spacial score (nSPS) is 10.6. The number of nitrogens with zero attached hydrogens (tertiary/aromatic N) is 2. The van der Waals surface area contributed by atoms with Crippen LogP contribution < -0.4 is 0 Å². The maximum Gasteiger partial charge on any atom is 0.248 e. The average Bonchev–Trinajstić information content (AvgIpc) is 2.70. The fourth-order valence-electron chi connectivity index (χ4n) is 1.17. The second-order valence-electron chi connectivity index (χ2n) is 2.98. The molecule has 0 bridgehead atoms. The van der Waals surface area contributed by atoms with Gasteiger partial charge in [0.25, 0.3) is 0 Å². The number of hydrogen-bond donors (Lipinski definition) is 0. The fraction of sp³-hybridized carbons (Fsp3) is 0.200. The highest BCUT2D eigenvalue weighted by Gasteiger charge is 2.11. The Bertz CT molecular complexity index is 484. The zero-order chi connectivity index (χ0) is 10.8. The van der Waals surface area contributed by atoms with E-state index in [2.05, 4.69) is 26.1 Å². The molecule has 2 rings (SSSR count). The van der Waals surface area contributed by atoms with Crippen molar-refractivity contribution in [3.05, 3.63) is 33.6 Å². The molecule has 1 aromatic heterocycles. The van der Waals surface area contributed by atoms with E-state index in [9.17, 15) is 0 Å². The molecule has 78 valence electrons. The monoisotopic (exact) mass is 286 g/mol. The molecule has 3 nitrogen and oxygen atoms in total. The summed E-state index contributed by atoms with van der Waals surface area (Å²) in [5, 5.41) is 8.50. The van der Waals surface area contributed by atoms with Gasteiger partial charge in [-0.15, -0.1) is 10.2 Å². The van der Waals surface area contributed by atoms with E-state index in [-0.39, 0.29) is 0 Å². The first kappa shape index (κ1) is 10.6. The van der Waals surface area contributed by atoms with Gasteiger partial charge in [0, 0.05) is 15.9 Å². The first-order chi connectivity index (χ1) is 7.20. The van der Waals surface area contributed by atoms with Crippen molar-refractivity contribution in [2.24, 2.45) is 0 Å². The van der Waals surface area contributed by atoms with Crippen molar-refractivity contribution in [1.29, 1.82) is 0 Å². The molecule has 0 N–H and O–H groups in total. The summed E-state index contributed by atoms with van der Waals surface area (Å²) in [5.74, 6) is 1.11. The van der Waals surface area contributed by atoms with E-state index >= 15 is 0 Å². The van der Waals surface area contributed by atoms with Gasteiger partial charge < -0.3 is 4.42 Å². The third-order valence-corrected chi connectivity index (χ3v) is 2.85. The predicted molar refractivity (Wildman–Crippen MR) is 61.8 cm³/mol. The van der Waals surface area contributed by atoms with Crippen molar-refractivity contribution in [2.75, 3.05) is 0 Å². The van der Waals surface area contributed by atoms with Gasteiger partial charge in [-0.1, -0.05) is 18.5 Å². The van der Waals surface area contributed by atoms with Gasteiger partial charge in [-0.05, 0) is 34.1 Å². The Labute approximate surface area is 101 Å². The van der Waals surface area contributed by atoms with E-state index in [1.54, 1.807) is 12.1 Å². The van der Waals surface area contributed by atoms with Gasteiger partial charge in [-0.3, -0.25) is 0 Å². The van der Waals surface area contributed by atoms with Crippen molar-refractivity contribution >= 4 is 27.5 Å². The second-order valence-corrected chi connectivity index (χ2v) is 4.27. The molecule has 0 saturated carbocycles. The zero-order valence-electron chi connectivity index (χ0n) is 8.00. The van der Waals surface area contributed by atoms with Crippen molar-refractivity contribution in [1.82, 2.24) is 10.2 Å². The molecular formula is C10H8BrClN2O. The van der Waals surface area contributed by atoms with Gasteiger partial charge in [-0.2, -0.15) is 0 Å². The third kappa shape index (κ3) is 2.21. The second kappa shape index (κ2) is 4.33. The standard InChI is InChI=1S/C10H8BrClN2O/c1-2-9-13-14-10(15-9)7-5-6(12)3-4-8(7)11/h3-5H,2H2,1H3. The quantitative estimate of drug-likeness (QED) is 0.845. The van der Waals surface area contributed by atoms with Crippen LogP contribution >= 0.6 is 27.5 Å². The molecular weight excluding hydrogens is 279 g/mol. The smallest absolute Gasteiger partial charge is 0.248 e. The molecule has 1 aromatic carbocycles. The zero-order valence-corrected chi connectivity index (χ0v) is 10.3. The van der Waals surface area contributed by atoms with Gasteiger partial charge in [0.15, 0.2) is 0 Å². The van der Waals surface area contributed by atoms with E-state index in [1.807, 2.05) is 13.0 Å². The minimum absolute atomic E-state index is 0.487. The van der Waals surface area contributed by atoms with Gasteiger partial charge in [0.1, 0.15) is 0 Å². The van der Waals surface area contributed by atoms with Crippen LogP contribution in [-0.2, 0) is 6.42 Å². The maximum atomic E-state index is 5.90. The SMILES string of the molecule is CCc1nnc(-c2cc(Cl)ccc2Br)o1. The lowest BCUT2D eigenvalue weighted by atomic mass is 10.2. The summed E-state index contributed by atoms with van der Waals surface area (Å²) in [7, 11) is 0. The Morgan fingerprint density at radius 2 is 2.20 bits per heavy atom. The van der Waals surface area contributed by atoms with Crippen LogP contribution in [0.1, 0.15) is 12.8 Å². The summed E-state index contributed by atoms with van der Waals surface area (Å²) < 4.78 is 6.33. The summed E-state index contributed by atoms with van der Waals surface area (Å²) in [6, 6.07) is 5.44. The molecule has 0 radical (unpaired) electrons. The van der Waals surface area contributed by atoms with E-state index in [0.29, 0.717) is 16.8 Å². The maximum absolute atomic E-state index is 5.90. The van der Waals surface area contributed by atoms with Gasteiger partial charge in [-0.25, -0.2) is 0 Å². The number of halogens is 2. The lowest BCUT2D eigenvalue weighted by molar-refractivity contribution is 0.512. The van der Waals surface area contributed by atoms with E-state index in [0.717, 1.165) is 16.5 Å². The number of aryl methyl sites for hydroxylation is 1. The summed E-state index contributed by atoms with van der Waals surface area (Å²) in [4.78, 5) is 0. The highest BCUT2D eigenvalue weighted by Crippen LogP contribution is 2.29. The average molecular weight is 288 g/mol. The minimum atomic E-state index is 0.487. The van der Waals surface area contributed by atoms with Crippen LogP contribution in [0.4, 0.5) is 0 Å². The molecule has 15 heavy (non-hydrogen) atoms. The summed E-state index contributed by atoms with van der Waals surface area (Å²) >= 11 is 9.31. The Morgan fingerprint density at radius 1 is 1.40 bits per heavy atom. The number of aromatic nitrogens is 2. The van der Waals surface area contributed by atoms with Crippen LogP contribution in [0.3, 0.4) is 0 Å². The van der Waals surface area contributed by atoms with E-state index in [4.69, 9.17) is 16.0 Å². The lowest BCUT2D eigenvalue weighted by Gasteiger charge is -1.99. The van der Waals surface area contributed by atoms with Crippen LogP contribution in [0.15, 0.2) is 27.1 Å². The van der Waals surface area contributed by atoms with Crippen LogP contribution in [0.25, 0.3) is 11.5 Å². The molecule has 0 aliphatic carbocycles. The topological polar surface area (TPSA) is 38.9 Å². The molecule has 0 aliphatic heterocycles. The Morgan fingerprint density at radius 3 is 2.87 bits per heavy atom. The van der Waals surface area contributed by atoms with Gasteiger partial charge in [0.2, 0.25) is 11.8 Å². The van der Waals surface area contributed by atoms with Gasteiger partial charge in [0.05, 0.1) is 5.56 Å². The lowest BCUT2D eigenvalue weighted by Crippen LogP contribution is -1.80. The molecule has 0 atom stereocenters. The van der Waals surface area contributed by atoms with Crippen LogP contribution in [0.2, 0.25) is 5.02 Å². The van der Waals surface area contributed by atoms with Crippen LogP contribution in [0, 0.1) is 0 Å². The van der Waals surface area contributed by atoms with Gasteiger partial charge >= 0.3 is 0 Å². The predicted octanol–water partition coefficient (Wildman–Crippen LogP) is 3.71. The molecule has 0 unspecified atom stereocenters. The first-order valence-corrected chi connectivity index (χ1v) is 5.65. The van der Waals surface area contributed by atoms with Crippen molar-refractivity contribution < 1.29 is 4.42 Å². The molecule has 2 aromatic rings. The molecule has 0 fully saturated rings. The summed E-state index contributed by atoms with van der Waals surface area (Å²) in [6.07, 6.45) is 0.727. The number of benzene rings is 1. The van der Waals surface area contributed by atoms with Crippen molar-refractivity contribution in [3.8, 4) is 11.5 Å². The third-order valence-electron chi connectivity index (χ3n) is 1.93. The van der Waals surface area contributed by atoms with Crippen molar-refractivity contribution in [2.45, 2.75) is 13.3 Å². The Hall–Kier alpha value is -0.870. The molecule has 0 aliphatic rings. The van der Waals surface area contributed by atoms with E-state index in [1.165, 1.54) is 0 Å². The minimum Gasteiger partial charge on any atom is -0.421 e. The molecule has 5 heteroatoms. The largest absolute Gasteiger partial charge is 0.421 e. The highest BCUT2D eigenvalue weighted by molar-refractivity contribution is 9.10. The summed E-state index contributed by atoms with van der Waals surface area (Å²) in [5.41, 5.74) is 0.815. The van der Waals surface area contributed by atoms with Crippen molar-refractivity contribution in [3.63, 3.8) is 0 Å². The van der Waals surface area contributed by atoms with Crippen LogP contribution in [0.5, 0.6) is 0 Å². The first-order valence-electron chi connectivity index (χ1n) is 4.48. The fourth-order valence-corrected chi connectivity index (χ4v) is 1.76. The Balaban J connectivity index is 2.48. The highest BCUT2D eigenvalue weighted by atomic mass is 79.9. The number of hydrogen-bond acceptors (Lipinski definition) is 3. The number of rotatable bonds is 2. The molecule has 0 spiro atoms. The Kier molecular flexibility index (Phi) is 3.07. The van der Waals surface area contributed by atoms with Crippen LogP contribution in [-0.4, -0.2) is 10.2 Å². The molecule has 0 saturated heterocycles. The van der Waals surface area contributed by atoms with E-state index < -0.39 is 0 Å². The summed E-state index contributed by atoms with van der Waals surface area (Å²) in [6.45, 7) is 1.96. The molecule has 1 heterocycles.